The molecule has 5 fully saturated rings. The van der Waals surface area contributed by atoms with Crippen LogP contribution in [0.5, 0.6) is 0 Å². The third-order valence-corrected chi connectivity index (χ3v) is 16.8. The zero-order valence-corrected chi connectivity index (χ0v) is 37.4. The molecule has 2 N–H and O–H groups in total. The van der Waals surface area contributed by atoms with E-state index in [1.807, 2.05) is 67.3 Å². The van der Waals surface area contributed by atoms with Gasteiger partial charge in [-0.15, -0.1) is 11.3 Å². The van der Waals surface area contributed by atoms with Gasteiger partial charge < -0.3 is 29.3 Å². The predicted molar refractivity (Wildman–Crippen MR) is 233 cm³/mol. The first-order valence-electron chi connectivity index (χ1n) is 22.0. The number of aromatic nitrogens is 1. The van der Waals surface area contributed by atoms with Gasteiger partial charge >= 0.3 is 5.97 Å². The van der Waals surface area contributed by atoms with Crippen molar-refractivity contribution in [2.75, 3.05) is 38.7 Å². The first-order valence-corrected chi connectivity index (χ1v) is 24.6. The smallest absolute Gasteiger partial charge is 0.323 e. The lowest BCUT2D eigenvalue weighted by molar-refractivity contribution is -0.152. The maximum Gasteiger partial charge on any atom is 0.323 e. The fourth-order valence-corrected chi connectivity index (χ4v) is 13.4. The summed E-state index contributed by atoms with van der Waals surface area (Å²) in [6.07, 6.45) is 13.0. The van der Waals surface area contributed by atoms with Gasteiger partial charge in [-0.2, -0.15) is 0 Å². The van der Waals surface area contributed by atoms with Crippen LogP contribution in [0.25, 0.3) is 10.1 Å². The number of benzene rings is 1. The SMILES string of the molecule is CCCOC(=O)[C@H](C)NP(=O)(Cc1ccc2sc(C(=O)N[C@H]3C[C@H]4C[C@H]4C[C@@]4(C)CC[C@@H](C(=O)N5CC(c6cnccc6N(C)C)C5)N4C3=O)cc2c1)OC1CCCCC1. The number of hydrogen-bond donors (Lipinski definition) is 2. The van der Waals surface area contributed by atoms with E-state index >= 15 is 0 Å². The molecule has 15 heteroatoms. The monoisotopic (exact) mass is 860 g/mol. The highest BCUT2D eigenvalue weighted by molar-refractivity contribution is 7.56. The number of carbonyl (C=O) groups excluding carboxylic acids is 4. The summed E-state index contributed by atoms with van der Waals surface area (Å²) in [6, 6.07) is 7.48. The van der Waals surface area contributed by atoms with Gasteiger partial charge in [0.2, 0.25) is 11.8 Å². The van der Waals surface area contributed by atoms with Crippen molar-refractivity contribution in [1.29, 1.82) is 0 Å². The lowest BCUT2D eigenvalue weighted by Crippen LogP contribution is -2.62. The molecule has 1 aromatic carbocycles. The van der Waals surface area contributed by atoms with Gasteiger partial charge in [0.25, 0.3) is 13.4 Å². The van der Waals surface area contributed by atoms with Crippen LogP contribution < -0.4 is 15.3 Å². The highest BCUT2D eigenvalue weighted by Gasteiger charge is 2.57. The Bertz CT molecular complexity index is 2150. The summed E-state index contributed by atoms with van der Waals surface area (Å²) in [7, 11) is 0.482. The van der Waals surface area contributed by atoms with Crippen LogP contribution in [-0.2, 0) is 34.4 Å². The van der Waals surface area contributed by atoms with Crippen molar-refractivity contribution in [1.82, 2.24) is 25.2 Å². The number of thiophene rings is 1. The van der Waals surface area contributed by atoms with Crippen LogP contribution in [-0.4, -0.2) is 102 Å². The largest absolute Gasteiger partial charge is 0.465 e. The third kappa shape index (κ3) is 9.03. The number of esters is 1. The number of rotatable bonds is 14. The van der Waals surface area contributed by atoms with Crippen molar-refractivity contribution in [2.45, 2.75) is 133 Å². The zero-order chi connectivity index (χ0) is 42.3. The van der Waals surface area contributed by atoms with E-state index < -0.39 is 37.2 Å². The molecule has 0 bridgehead atoms. The van der Waals surface area contributed by atoms with Crippen LogP contribution in [0.4, 0.5) is 5.69 Å². The average molecular weight is 861 g/mol. The molecule has 2 saturated carbocycles. The van der Waals surface area contributed by atoms with E-state index in [0.717, 1.165) is 78.3 Å². The van der Waals surface area contributed by atoms with Gasteiger partial charge in [0.1, 0.15) is 18.1 Å². The van der Waals surface area contributed by atoms with Crippen LogP contribution in [0.3, 0.4) is 0 Å². The topological polar surface area (TPSA) is 150 Å². The maximum absolute atomic E-state index is 14.7. The van der Waals surface area contributed by atoms with Crippen LogP contribution in [0.1, 0.15) is 118 Å². The van der Waals surface area contributed by atoms with Gasteiger partial charge in [-0.05, 0) is 112 Å². The van der Waals surface area contributed by atoms with Gasteiger partial charge in [-0.25, -0.2) is 5.09 Å². The van der Waals surface area contributed by atoms with Crippen molar-refractivity contribution >= 4 is 58.3 Å². The highest BCUT2D eigenvalue weighted by atomic mass is 32.1. The number of fused-ring (bicyclic) bond motifs is 3. The Morgan fingerprint density at radius 3 is 2.60 bits per heavy atom. The normalized spacial score (nSPS) is 27.2. The molecule has 0 radical (unpaired) electrons. The Morgan fingerprint density at radius 2 is 1.85 bits per heavy atom. The molecule has 5 aliphatic rings. The molecule has 0 spiro atoms. The number of nitrogens with one attached hydrogen (secondary N) is 2. The Morgan fingerprint density at radius 1 is 1.07 bits per heavy atom. The fraction of sp³-hybridized carbons (Fsp3) is 0.622. The number of carbonyl (C=O) groups is 4. The molecular formula is C45H61N6O7PS. The third-order valence-electron chi connectivity index (χ3n) is 13.5. The average Bonchev–Trinajstić information content (AvgIpc) is 3.59. The molecule has 8 rings (SSSR count). The molecule has 3 aromatic rings. The van der Waals surface area contributed by atoms with Crippen LogP contribution in [0.2, 0.25) is 0 Å². The maximum atomic E-state index is 14.7. The van der Waals surface area contributed by atoms with Crippen LogP contribution >= 0.6 is 18.9 Å². The molecule has 1 unspecified atom stereocenters. The molecule has 5 heterocycles. The van der Waals surface area contributed by atoms with E-state index in [4.69, 9.17) is 9.26 Å². The summed E-state index contributed by atoms with van der Waals surface area (Å²) < 4.78 is 27.0. The van der Waals surface area contributed by atoms with Gasteiger partial charge in [-0.1, -0.05) is 32.3 Å². The number of anilines is 1. The van der Waals surface area contributed by atoms with Gasteiger partial charge in [-0.3, -0.25) is 28.7 Å². The van der Waals surface area contributed by atoms with E-state index in [0.29, 0.717) is 55.7 Å². The highest BCUT2D eigenvalue weighted by Crippen LogP contribution is 2.54. The van der Waals surface area contributed by atoms with Crippen LogP contribution in [0.15, 0.2) is 42.7 Å². The number of nitrogens with zero attached hydrogens (tertiary/aromatic N) is 4. The molecule has 60 heavy (non-hydrogen) atoms. The number of ether oxygens (including phenoxy) is 1. The second-order valence-electron chi connectivity index (χ2n) is 18.4. The summed E-state index contributed by atoms with van der Waals surface area (Å²) in [5, 5.41) is 6.98. The van der Waals surface area contributed by atoms with E-state index in [9.17, 15) is 23.7 Å². The second-order valence-corrected chi connectivity index (χ2v) is 21.7. The minimum Gasteiger partial charge on any atom is -0.465 e. The molecule has 3 aliphatic heterocycles. The number of likely N-dealkylation sites (tertiary alicyclic amines) is 1. The Hall–Kier alpha value is -3.84. The van der Waals surface area contributed by atoms with E-state index in [-0.39, 0.29) is 35.9 Å². The van der Waals surface area contributed by atoms with Crippen molar-refractivity contribution in [2.24, 2.45) is 11.8 Å². The minimum absolute atomic E-state index is 0.00769. The van der Waals surface area contributed by atoms with Gasteiger partial charge in [0.05, 0.1) is 23.7 Å². The molecule has 13 nitrogen and oxygen atoms in total. The summed E-state index contributed by atoms with van der Waals surface area (Å²) in [5.74, 6) is 0.0838. The number of amides is 3. The molecule has 2 aromatic heterocycles. The fourth-order valence-electron chi connectivity index (χ4n) is 10.2. The van der Waals surface area contributed by atoms with Crippen molar-refractivity contribution < 1.29 is 33.0 Å². The number of hydrogen-bond acceptors (Lipinski definition) is 10. The summed E-state index contributed by atoms with van der Waals surface area (Å²) in [4.78, 5) is 66.3. The Labute approximate surface area is 357 Å². The minimum atomic E-state index is -3.54. The number of pyridine rings is 1. The first kappa shape index (κ1) is 42.8. The predicted octanol–water partition coefficient (Wildman–Crippen LogP) is 7.24. The molecule has 7 atom stereocenters. The summed E-state index contributed by atoms with van der Waals surface area (Å²) >= 11 is 1.35. The van der Waals surface area contributed by atoms with Crippen molar-refractivity contribution in [3.63, 3.8) is 0 Å². The van der Waals surface area contributed by atoms with Gasteiger partial charge in [0, 0.05) is 67.0 Å². The quantitative estimate of drug-likeness (QED) is 0.126. The molecular weight excluding hydrogens is 800 g/mol. The lowest BCUT2D eigenvalue weighted by atomic mass is 9.88. The summed E-state index contributed by atoms with van der Waals surface area (Å²) in [5.41, 5.74) is 2.55. The summed E-state index contributed by atoms with van der Waals surface area (Å²) in [6.45, 7) is 7.19. The van der Waals surface area contributed by atoms with Crippen molar-refractivity contribution in [3.05, 3.63) is 58.7 Å². The molecule has 324 valence electrons. The zero-order valence-electron chi connectivity index (χ0n) is 35.7. The van der Waals surface area contributed by atoms with E-state index in [1.165, 1.54) is 11.3 Å². The Kier molecular flexibility index (Phi) is 12.5. The molecule has 3 amide bonds. The molecule has 2 aliphatic carbocycles. The first-order chi connectivity index (χ1) is 28.7. The standard InChI is InChI=1S/C45H61N6O7PS/c1-6-18-57-44(55)28(2)48-59(56,58-34-10-8-7-9-11-34)27-29-12-13-39-31(19-29)22-40(60-39)41(52)47-36-21-30-20-32(30)23-45(3)16-14-38(51(45)42(36)53)43(54)50-25-33(26-50)35-24-46-17-15-37(35)49(4)5/h12-13,15,17,19,22,24,28,30,32-34,36,38H,6-11,14,16,18,20-21,23,25-27H2,1-5H3,(H,47,52)(H,48,56)/t28-,30+,32-,36-,38-,45+,59?/m0/s1. The van der Waals surface area contributed by atoms with Crippen molar-refractivity contribution in [3.8, 4) is 0 Å². The Balaban J connectivity index is 0.962. The van der Waals surface area contributed by atoms with Crippen LogP contribution in [0, 0.1) is 11.8 Å². The molecule has 3 saturated heterocycles. The lowest BCUT2D eigenvalue weighted by Gasteiger charge is -2.46. The van der Waals surface area contributed by atoms with E-state index in [1.54, 1.807) is 13.1 Å². The second kappa shape index (κ2) is 17.5. The van der Waals surface area contributed by atoms with Gasteiger partial charge in [0.15, 0.2) is 0 Å². The van der Waals surface area contributed by atoms with E-state index in [2.05, 4.69) is 27.2 Å².